The summed E-state index contributed by atoms with van der Waals surface area (Å²) < 4.78 is 4.64. The molecule has 3 nitrogen and oxygen atoms in total. The van der Waals surface area contributed by atoms with Gasteiger partial charge in [0.2, 0.25) is 0 Å². The monoisotopic (exact) mass is 221 g/mol. The fourth-order valence-corrected chi connectivity index (χ4v) is 2.87. The number of carbonyl (C=O) groups excluding carboxylic acids is 1. The van der Waals surface area contributed by atoms with Crippen LogP contribution in [0.25, 0.3) is 0 Å². The highest BCUT2D eigenvalue weighted by Gasteiger charge is 2.40. The second-order valence-corrected chi connectivity index (χ2v) is 4.79. The maximum atomic E-state index is 11.3. The molecule has 1 saturated carbocycles. The Morgan fingerprint density at radius 1 is 1.60 bits per heavy atom. The van der Waals surface area contributed by atoms with Gasteiger partial charge in [0.25, 0.3) is 0 Å². The zero-order valence-electron chi connectivity index (χ0n) is 8.45. The number of esters is 1. The molecule has 1 aromatic heterocycles. The lowest BCUT2D eigenvalue weighted by molar-refractivity contribution is 0.0606. The van der Waals surface area contributed by atoms with E-state index >= 15 is 0 Å². The molecular weight excluding hydrogens is 210 g/mol. The average Bonchev–Trinajstić information content (AvgIpc) is 2.65. The molecular formula is C11H11NO2S. The first-order chi connectivity index (χ1) is 7.22. The van der Waals surface area contributed by atoms with Crippen molar-refractivity contribution in [3.8, 4) is 6.07 Å². The number of hydrogen-bond acceptors (Lipinski definition) is 4. The molecule has 78 valence electrons. The van der Waals surface area contributed by atoms with Crippen LogP contribution >= 0.6 is 11.3 Å². The van der Waals surface area contributed by atoms with Gasteiger partial charge in [-0.15, -0.1) is 11.3 Å². The van der Waals surface area contributed by atoms with Gasteiger partial charge in [-0.3, -0.25) is 0 Å². The van der Waals surface area contributed by atoms with Crippen molar-refractivity contribution < 1.29 is 9.53 Å². The van der Waals surface area contributed by atoms with Crippen LogP contribution in [0.1, 0.15) is 33.8 Å². The lowest BCUT2D eigenvalue weighted by Crippen LogP contribution is -2.31. The van der Waals surface area contributed by atoms with Crippen molar-refractivity contribution in [1.82, 2.24) is 0 Å². The zero-order chi connectivity index (χ0) is 10.9. The number of methoxy groups -OCH3 is 1. The van der Waals surface area contributed by atoms with Gasteiger partial charge in [0.05, 0.1) is 18.6 Å². The highest BCUT2D eigenvalue weighted by Crippen LogP contribution is 2.45. The molecule has 0 bridgehead atoms. The molecule has 2 rings (SSSR count). The molecule has 1 heterocycles. The maximum absolute atomic E-state index is 11.3. The zero-order valence-corrected chi connectivity index (χ0v) is 9.26. The highest BCUT2D eigenvalue weighted by atomic mass is 32.1. The van der Waals surface area contributed by atoms with Crippen LogP contribution < -0.4 is 0 Å². The first-order valence-electron chi connectivity index (χ1n) is 4.82. The van der Waals surface area contributed by atoms with Gasteiger partial charge in [0.15, 0.2) is 0 Å². The Morgan fingerprint density at radius 2 is 2.33 bits per heavy atom. The number of ether oxygens (including phenoxy) is 1. The number of nitriles is 1. The number of hydrogen-bond donors (Lipinski definition) is 0. The van der Waals surface area contributed by atoms with Crippen molar-refractivity contribution in [3.05, 3.63) is 21.9 Å². The molecule has 1 aromatic rings. The van der Waals surface area contributed by atoms with Gasteiger partial charge < -0.3 is 4.74 Å². The molecule has 0 radical (unpaired) electrons. The van der Waals surface area contributed by atoms with Gasteiger partial charge in [0, 0.05) is 4.88 Å². The largest absolute Gasteiger partial charge is 0.465 e. The van der Waals surface area contributed by atoms with Crippen molar-refractivity contribution in [1.29, 1.82) is 5.26 Å². The first kappa shape index (κ1) is 10.2. The van der Waals surface area contributed by atoms with E-state index in [1.807, 2.05) is 6.07 Å². The van der Waals surface area contributed by atoms with E-state index in [-0.39, 0.29) is 11.4 Å². The van der Waals surface area contributed by atoms with E-state index in [2.05, 4.69) is 10.8 Å². The molecule has 0 spiro atoms. The normalized spacial score (nSPS) is 17.6. The second-order valence-electron chi connectivity index (χ2n) is 3.70. The SMILES string of the molecule is COC(=O)c1ccc(C2(C#N)CCC2)s1. The third kappa shape index (κ3) is 1.53. The lowest BCUT2D eigenvalue weighted by atomic mass is 9.69. The highest BCUT2D eigenvalue weighted by molar-refractivity contribution is 7.14. The molecule has 0 unspecified atom stereocenters. The van der Waals surface area contributed by atoms with E-state index < -0.39 is 0 Å². The number of rotatable bonds is 2. The third-order valence-corrected chi connectivity index (χ3v) is 4.15. The first-order valence-corrected chi connectivity index (χ1v) is 5.63. The van der Waals surface area contributed by atoms with E-state index in [4.69, 9.17) is 5.26 Å². The summed E-state index contributed by atoms with van der Waals surface area (Å²) in [6.45, 7) is 0. The minimum Gasteiger partial charge on any atom is -0.465 e. The summed E-state index contributed by atoms with van der Waals surface area (Å²) in [5, 5.41) is 9.14. The minimum absolute atomic E-state index is 0.321. The van der Waals surface area contributed by atoms with E-state index in [9.17, 15) is 4.79 Å². The van der Waals surface area contributed by atoms with Gasteiger partial charge >= 0.3 is 5.97 Å². The smallest absolute Gasteiger partial charge is 0.348 e. The molecule has 0 saturated heterocycles. The fourth-order valence-electron chi connectivity index (χ4n) is 1.75. The summed E-state index contributed by atoms with van der Waals surface area (Å²) >= 11 is 1.38. The Kier molecular flexibility index (Phi) is 2.49. The van der Waals surface area contributed by atoms with Crippen molar-refractivity contribution >= 4 is 17.3 Å². The van der Waals surface area contributed by atoms with Gasteiger partial charge in [-0.2, -0.15) is 5.26 Å². The Morgan fingerprint density at radius 3 is 2.80 bits per heavy atom. The Hall–Kier alpha value is -1.34. The van der Waals surface area contributed by atoms with Crippen molar-refractivity contribution in [3.63, 3.8) is 0 Å². The van der Waals surface area contributed by atoms with Crippen LogP contribution in [0.3, 0.4) is 0 Å². The fraction of sp³-hybridized carbons (Fsp3) is 0.455. The van der Waals surface area contributed by atoms with Crippen LogP contribution in [0.4, 0.5) is 0 Å². The molecule has 0 aromatic carbocycles. The van der Waals surface area contributed by atoms with E-state index in [1.54, 1.807) is 6.07 Å². The second kappa shape index (κ2) is 3.67. The average molecular weight is 221 g/mol. The lowest BCUT2D eigenvalue weighted by Gasteiger charge is -2.34. The third-order valence-electron chi connectivity index (χ3n) is 2.89. The van der Waals surface area contributed by atoms with Crippen LogP contribution in [0.5, 0.6) is 0 Å². The maximum Gasteiger partial charge on any atom is 0.348 e. The van der Waals surface area contributed by atoms with E-state index in [0.29, 0.717) is 4.88 Å². The quantitative estimate of drug-likeness (QED) is 0.721. The molecule has 15 heavy (non-hydrogen) atoms. The molecule has 1 aliphatic rings. The number of nitrogens with zero attached hydrogens (tertiary/aromatic N) is 1. The summed E-state index contributed by atoms with van der Waals surface area (Å²) in [7, 11) is 1.37. The summed E-state index contributed by atoms with van der Waals surface area (Å²) in [6.07, 6.45) is 2.91. The molecule has 0 atom stereocenters. The summed E-state index contributed by atoms with van der Waals surface area (Å²) in [5.74, 6) is -0.321. The standard InChI is InChI=1S/C11H11NO2S/c1-14-10(13)8-3-4-9(15-8)11(7-12)5-2-6-11/h3-4H,2,5-6H2,1H3. The Balaban J connectivity index is 2.28. The van der Waals surface area contributed by atoms with Gasteiger partial charge in [-0.25, -0.2) is 4.79 Å². The van der Waals surface area contributed by atoms with Gasteiger partial charge in [0.1, 0.15) is 4.88 Å². The van der Waals surface area contributed by atoms with E-state index in [0.717, 1.165) is 24.1 Å². The summed E-state index contributed by atoms with van der Waals surface area (Å²) in [5.41, 5.74) is -0.322. The van der Waals surface area contributed by atoms with Gasteiger partial charge in [-0.1, -0.05) is 0 Å². The molecule has 1 fully saturated rings. The predicted molar refractivity (Wildman–Crippen MR) is 56.8 cm³/mol. The summed E-state index contributed by atoms with van der Waals surface area (Å²) in [6, 6.07) is 5.97. The predicted octanol–water partition coefficient (Wildman–Crippen LogP) is 2.48. The number of carbonyl (C=O) groups is 1. The molecule has 0 N–H and O–H groups in total. The molecule has 4 heteroatoms. The number of thiophene rings is 1. The molecule has 0 amide bonds. The van der Waals surface area contributed by atoms with Crippen LogP contribution in [0.15, 0.2) is 12.1 Å². The summed E-state index contributed by atoms with van der Waals surface area (Å²) in [4.78, 5) is 12.8. The van der Waals surface area contributed by atoms with Crippen molar-refractivity contribution in [2.24, 2.45) is 0 Å². The Labute approximate surface area is 92.3 Å². The Bertz CT molecular complexity index is 426. The molecule has 0 aliphatic heterocycles. The van der Waals surface area contributed by atoms with Crippen LogP contribution in [0, 0.1) is 11.3 Å². The van der Waals surface area contributed by atoms with Crippen LogP contribution in [-0.4, -0.2) is 13.1 Å². The molecule has 1 aliphatic carbocycles. The van der Waals surface area contributed by atoms with E-state index in [1.165, 1.54) is 18.4 Å². The van der Waals surface area contributed by atoms with Crippen LogP contribution in [-0.2, 0) is 10.2 Å². The van der Waals surface area contributed by atoms with Crippen molar-refractivity contribution in [2.45, 2.75) is 24.7 Å². The topological polar surface area (TPSA) is 50.1 Å². The van der Waals surface area contributed by atoms with Gasteiger partial charge in [-0.05, 0) is 31.4 Å². The van der Waals surface area contributed by atoms with Crippen LogP contribution in [0.2, 0.25) is 0 Å². The minimum atomic E-state index is -0.322. The van der Waals surface area contributed by atoms with Crippen molar-refractivity contribution in [2.75, 3.05) is 7.11 Å².